The molecule has 0 aromatic rings. The summed E-state index contributed by atoms with van der Waals surface area (Å²) in [6.45, 7) is 4.55. The monoisotopic (exact) mass is 202 g/mol. The minimum Gasteiger partial charge on any atom is -0.162 e. The van der Waals surface area contributed by atoms with Gasteiger partial charge >= 0.3 is 0 Å². The fourth-order valence-corrected chi connectivity index (χ4v) is 2.38. The Morgan fingerprint density at radius 2 is 1.08 bits per heavy atom. The van der Waals surface area contributed by atoms with E-state index < -0.39 is 0 Å². The fraction of sp³-hybridized carbons (Fsp3) is 1.00. The van der Waals surface area contributed by atoms with E-state index in [0.29, 0.717) is 0 Å². The molecule has 0 aliphatic heterocycles. The standard InChI is InChI=1S/C12H26S/c1-3-5-7-8-10-12-13-11-9-6-4-2/h3-12H2,1-2H3. The first-order valence-electron chi connectivity index (χ1n) is 5.99. The molecule has 0 fully saturated rings. The summed E-state index contributed by atoms with van der Waals surface area (Å²) in [5, 5.41) is 0. The molecule has 0 nitrogen and oxygen atoms in total. The molecular weight excluding hydrogens is 176 g/mol. The van der Waals surface area contributed by atoms with E-state index in [2.05, 4.69) is 25.6 Å². The van der Waals surface area contributed by atoms with Crippen LogP contribution in [0.2, 0.25) is 0 Å². The molecular formula is C12H26S. The quantitative estimate of drug-likeness (QED) is 0.455. The largest absolute Gasteiger partial charge is 0.162 e. The van der Waals surface area contributed by atoms with Gasteiger partial charge in [-0.25, -0.2) is 0 Å². The van der Waals surface area contributed by atoms with Crippen LogP contribution < -0.4 is 0 Å². The lowest BCUT2D eigenvalue weighted by Gasteiger charge is -2.00. The first kappa shape index (κ1) is 13.4. The first-order valence-corrected chi connectivity index (χ1v) is 7.15. The molecule has 80 valence electrons. The minimum absolute atomic E-state index is 1.36. The maximum Gasteiger partial charge on any atom is -0.00675 e. The lowest BCUT2D eigenvalue weighted by Crippen LogP contribution is -1.85. The van der Waals surface area contributed by atoms with Crippen LogP contribution in [0.5, 0.6) is 0 Å². The molecule has 0 rings (SSSR count). The average Bonchev–Trinajstić information content (AvgIpc) is 2.16. The van der Waals surface area contributed by atoms with Crippen molar-refractivity contribution in [1.29, 1.82) is 0 Å². The van der Waals surface area contributed by atoms with Crippen molar-refractivity contribution in [3.63, 3.8) is 0 Å². The molecule has 0 atom stereocenters. The van der Waals surface area contributed by atoms with Gasteiger partial charge in [0.2, 0.25) is 0 Å². The molecule has 0 amide bonds. The molecule has 0 spiro atoms. The second-order valence-electron chi connectivity index (χ2n) is 3.73. The molecule has 0 unspecified atom stereocenters. The maximum absolute atomic E-state index is 2.28. The van der Waals surface area contributed by atoms with Crippen molar-refractivity contribution < 1.29 is 0 Å². The highest BCUT2D eigenvalue weighted by Crippen LogP contribution is 2.10. The van der Waals surface area contributed by atoms with Gasteiger partial charge in [-0.2, -0.15) is 11.8 Å². The van der Waals surface area contributed by atoms with Crippen LogP contribution in [0.25, 0.3) is 0 Å². The zero-order chi connectivity index (χ0) is 9.78. The Balaban J connectivity index is 2.76. The van der Waals surface area contributed by atoms with Crippen molar-refractivity contribution in [1.82, 2.24) is 0 Å². The summed E-state index contributed by atoms with van der Waals surface area (Å²) < 4.78 is 0. The Bertz CT molecular complexity index is 71.2. The van der Waals surface area contributed by atoms with Gasteiger partial charge < -0.3 is 0 Å². The van der Waals surface area contributed by atoms with Crippen molar-refractivity contribution in [2.45, 2.75) is 65.2 Å². The van der Waals surface area contributed by atoms with Gasteiger partial charge in [-0.15, -0.1) is 0 Å². The van der Waals surface area contributed by atoms with E-state index in [-0.39, 0.29) is 0 Å². The Labute approximate surface area is 88.9 Å². The van der Waals surface area contributed by atoms with E-state index in [1.807, 2.05) is 0 Å². The highest BCUT2D eigenvalue weighted by Gasteiger charge is 1.90. The number of hydrogen-bond acceptors (Lipinski definition) is 1. The van der Waals surface area contributed by atoms with Gasteiger partial charge in [-0.1, -0.05) is 52.4 Å². The summed E-state index contributed by atoms with van der Waals surface area (Å²) in [5.74, 6) is 2.79. The van der Waals surface area contributed by atoms with Gasteiger partial charge in [0.1, 0.15) is 0 Å². The smallest absolute Gasteiger partial charge is 0.00675 e. The molecule has 0 N–H and O–H groups in total. The third-order valence-corrected chi connectivity index (χ3v) is 3.44. The molecule has 0 saturated carbocycles. The Hall–Kier alpha value is 0.350. The zero-order valence-electron chi connectivity index (χ0n) is 9.48. The van der Waals surface area contributed by atoms with Crippen LogP contribution in [0.4, 0.5) is 0 Å². The van der Waals surface area contributed by atoms with E-state index in [1.165, 1.54) is 62.9 Å². The number of thioether (sulfide) groups is 1. The van der Waals surface area contributed by atoms with Gasteiger partial charge in [-0.3, -0.25) is 0 Å². The van der Waals surface area contributed by atoms with Crippen LogP contribution in [-0.2, 0) is 0 Å². The molecule has 0 heterocycles. The fourth-order valence-electron chi connectivity index (χ4n) is 1.36. The average molecular weight is 202 g/mol. The van der Waals surface area contributed by atoms with E-state index in [1.54, 1.807) is 0 Å². The predicted octanol–water partition coefficient (Wildman–Crippen LogP) is 4.88. The van der Waals surface area contributed by atoms with Gasteiger partial charge in [0.15, 0.2) is 0 Å². The van der Waals surface area contributed by atoms with Crippen LogP contribution in [0, 0.1) is 0 Å². The SMILES string of the molecule is CCCCCCCSCCCCC. The van der Waals surface area contributed by atoms with Crippen molar-refractivity contribution in [3.05, 3.63) is 0 Å². The van der Waals surface area contributed by atoms with E-state index >= 15 is 0 Å². The Morgan fingerprint density at radius 3 is 1.69 bits per heavy atom. The minimum atomic E-state index is 1.36. The summed E-state index contributed by atoms with van der Waals surface area (Å²) in [6, 6.07) is 0. The lowest BCUT2D eigenvalue weighted by atomic mass is 10.2. The second-order valence-corrected chi connectivity index (χ2v) is 4.96. The zero-order valence-corrected chi connectivity index (χ0v) is 10.3. The second kappa shape index (κ2) is 12.3. The summed E-state index contributed by atoms with van der Waals surface area (Å²) >= 11 is 2.15. The predicted molar refractivity (Wildman–Crippen MR) is 65.6 cm³/mol. The molecule has 13 heavy (non-hydrogen) atoms. The molecule has 0 aliphatic rings. The normalized spacial score (nSPS) is 10.6. The van der Waals surface area contributed by atoms with Crippen molar-refractivity contribution in [3.8, 4) is 0 Å². The van der Waals surface area contributed by atoms with Crippen molar-refractivity contribution in [2.75, 3.05) is 11.5 Å². The lowest BCUT2D eigenvalue weighted by molar-refractivity contribution is 0.659. The Kier molecular flexibility index (Phi) is 12.7. The molecule has 0 saturated heterocycles. The molecule has 0 bridgehead atoms. The van der Waals surface area contributed by atoms with Crippen LogP contribution in [-0.4, -0.2) is 11.5 Å². The van der Waals surface area contributed by atoms with Crippen LogP contribution in [0.3, 0.4) is 0 Å². The summed E-state index contributed by atoms with van der Waals surface area (Å²) in [4.78, 5) is 0. The topological polar surface area (TPSA) is 0 Å². The summed E-state index contributed by atoms with van der Waals surface area (Å²) in [6.07, 6.45) is 11.3. The third kappa shape index (κ3) is 12.4. The van der Waals surface area contributed by atoms with Gasteiger partial charge in [0.25, 0.3) is 0 Å². The Morgan fingerprint density at radius 1 is 0.615 bits per heavy atom. The van der Waals surface area contributed by atoms with Crippen LogP contribution >= 0.6 is 11.8 Å². The van der Waals surface area contributed by atoms with Gasteiger partial charge in [0.05, 0.1) is 0 Å². The van der Waals surface area contributed by atoms with Crippen LogP contribution in [0.15, 0.2) is 0 Å². The van der Waals surface area contributed by atoms with E-state index in [9.17, 15) is 0 Å². The maximum atomic E-state index is 2.28. The first-order chi connectivity index (χ1) is 6.41. The highest BCUT2D eigenvalue weighted by molar-refractivity contribution is 7.99. The molecule has 1 heteroatoms. The number of rotatable bonds is 10. The van der Waals surface area contributed by atoms with E-state index in [0.717, 1.165) is 0 Å². The van der Waals surface area contributed by atoms with Crippen molar-refractivity contribution in [2.24, 2.45) is 0 Å². The van der Waals surface area contributed by atoms with Crippen molar-refractivity contribution >= 4 is 11.8 Å². The van der Waals surface area contributed by atoms with Crippen LogP contribution in [0.1, 0.15) is 65.2 Å². The highest BCUT2D eigenvalue weighted by atomic mass is 32.2. The number of hydrogen-bond donors (Lipinski definition) is 0. The van der Waals surface area contributed by atoms with E-state index in [4.69, 9.17) is 0 Å². The molecule has 0 radical (unpaired) electrons. The van der Waals surface area contributed by atoms with Gasteiger partial charge in [0, 0.05) is 0 Å². The summed E-state index contributed by atoms with van der Waals surface area (Å²) in [5.41, 5.74) is 0. The number of unbranched alkanes of at least 4 members (excludes halogenated alkanes) is 6. The molecule has 0 aromatic heterocycles. The van der Waals surface area contributed by atoms with Gasteiger partial charge in [-0.05, 0) is 24.3 Å². The molecule has 0 aliphatic carbocycles. The summed E-state index contributed by atoms with van der Waals surface area (Å²) in [7, 11) is 0. The molecule has 0 aromatic carbocycles. The third-order valence-electron chi connectivity index (χ3n) is 2.28.